The molecule has 0 aliphatic carbocycles. The predicted octanol–water partition coefficient (Wildman–Crippen LogP) is 3.28. The van der Waals surface area contributed by atoms with Gasteiger partial charge in [0, 0.05) is 10.2 Å². The molecule has 1 amide bonds. The summed E-state index contributed by atoms with van der Waals surface area (Å²) in [4.78, 5) is 10.9. The minimum atomic E-state index is -0.240. The Morgan fingerprint density at radius 2 is 2.23 bits per heavy atom. The Balaban J connectivity index is 2.79. The number of hydrogen-bond donors (Lipinski definition) is 1. The number of anilines is 1. The van der Waals surface area contributed by atoms with Crippen LogP contribution < -0.4 is 5.32 Å². The highest BCUT2D eigenvalue weighted by atomic mass is 79.9. The van der Waals surface area contributed by atoms with Gasteiger partial charge in [0.25, 0.3) is 0 Å². The number of alkyl halides is 1. The van der Waals surface area contributed by atoms with E-state index in [4.69, 9.17) is 23.2 Å². The summed E-state index contributed by atoms with van der Waals surface area (Å²) in [7, 11) is 0. The molecule has 5 heteroatoms. The number of nitrogens with one attached hydrogen (secondary N) is 1. The molecule has 13 heavy (non-hydrogen) atoms. The molecule has 0 fully saturated rings. The number of carbonyl (C=O) groups is 1. The SMILES string of the molecule is O=C(CCl)Nc1ccc(Cl)c(Br)c1. The van der Waals surface area contributed by atoms with Crippen LogP contribution in [-0.2, 0) is 4.79 Å². The van der Waals surface area contributed by atoms with E-state index in [1.54, 1.807) is 18.2 Å². The first-order chi connectivity index (χ1) is 6.13. The normalized spacial score (nSPS) is 9.77. The summed E-state index contributed by atoms with van der Waals surface area (Å²) in [5, 5.41) is 3.20. The van der Waals surface area contributed by atoms with Gasteiger partial charge in [-0.1, -0.05) is 11.6 Å². The van der Waals surface area contributed by atoms with Gasteiger partial charge in [-0.15, -0.1) is 11.6 Å². The monoisotopic (exact) mass is 281 g/mol. The zero-order chi connectivity index (χ0) is 9.84. The summed E-state index contributed by atoms with van der Waals surface area (Å²) in [6.45, 7) is 0. The fourth-order valence-electron chi connectivity index (χ4n) is 0.768. The van der Waals surface area contributed by atoms with Gasteiger partial charge in [0.2, 0.25) is 5.91 Å². The van der Waals surface area contributed by atoms with E-state index in [0.29, 0.717) is 10.7 Å². The maximum absolute atomic E-state index is 10.9. The molecule has 1 N–H and O–H groups in total. The second kappa shape index (κ2) is 4.84. The summed E-state index contributed by atoms with van der Waals surface area (Å²) >= 11 is 14.3. The molecule has 2 nitrogen and oxygen atoms in total. The van der Waals surface area contributed by atoms with Gasteiger partial charge in [-0.2, -0.15) is 0 Å². The lowest BCUT2D eigenvalue weighted by atomic mass is 10.3. The van der Waals surface area contributed by atoms with Crippen LogP contribution in [0.1, 0.15) is 0 Å². The maximum Gasteiger partial charge on any atom is 0.239 e. The topological polar surface area (TPSA) is 29.1 Å². The molecule has 0 heterocycles. The second-order valence-corrected chi connectivity index (χ2v) is 3.84. The molecule has 0 aliphatic heterocycles. The van der Waals surface area contributed by atoms with Gasteiger partial charge >= 0.3 is 0 Å². The average molecular weight is 283 g/mol. The molecule has 0 saturated carbocycles. The number of amides is 1. The van der Waals surface area contributed by atoms with Crippen LogP contribution >= 0.6 is 39.1 Å². The summed E-state index contributed by atoms with van der Waals surface area (Å²) in [6.07, 6.45) is 0. The van der Waals surface area contributed by atoms with E-state index in [9.17, 15) is 4.79 Å². The lowest BCUT2D eigenvalue weighted by Gasteiger charge is -2.03. The Kier molecular flexibility index (Phi) is 4.03. The van der Waals surface area contributed by atoms with Crippen molar-refractivity contribution in [2.24, 2.45) is 0 Å². The Hall–Kier alpha value is -0.250. The lowest BCUT2D eigenvalue weighted by Crippen LogP contribution is -2.12. The van der Waals surface area contributed by atoms with Crippen molar-refractivity contribution in [3.63, 3.8) is 0 Å². The molecule has 1 rings (SSSR count). The second-order valence-electron chi connectivity index (χ2n) is 2.31. The third kappa shape index (κ3) is 3.18. The van der Waals surface area contributed by atoms with Gasteiger partial charge in [0.15, 0.2) is 0 Å². The predicted molar refractivity (Wildman–Crippen MR) is 58.5 cm³/mol. The van der Waals surface area contributed by atoms with Crippen LogP contribution in [0.3, 0.4) is 0 Å². The number of halogens is 3. The van der Waals surface area contributed by atoms with Gasteiger partial charge in [-0.3, -0.25) is 4.79 Å². The van der Waals surface area contributed by atoms with Gasteiger partial charge in [0.05, 0.1) is 5.02 Å². The Morgan fingerprint density at radius 1 is 1.54 bits per heavy atom. The molecular formula is C8H6BrCl2NO. The van der Waals surface area contributed by atoms with Crippen LogP contribution in [-0.4, -0.2) is 11.8 Å². The first-order valence-corrected chi connectivity index (χ1v) is 5.15. The zero-order valence-electron chi connectivity index (χ0n) is 6.48. The van der Waals surface area contributed by atoms with Gasteiger partial charge in [0.1, 0.15) is 5.88 Å². The van der Waals surface area contributed by atoms with Crippen molar-refractivity contribution in [1.82, 2.24) is 0 Å². The number of hydrogen-bond acceptors (Lipinski definition) is 1. The zero-order valence-corrected chi connectivity index (χ0v) is 9.58. The summed E-state index contributed by atoms with van der Waals surface area (Å²) in [5.41, 5.74) is 0.668. The van der Waals surface area contributed by atoms with Crippen molar-refractivity contribution < 1.29 is 4.79 Å². The Labute approximate surface area is 94.3 Å². The van der Waals surface area contributed by atoms with Crippen molar-refractivity contribution >= 4 is 50.7 Å². The van der Waals surface area contributed by atoms with Crippen molar-refractivity contribution in [3.8, 4) is 0 Å². The molecule has 0 bridgehead atoms. The third-order valence-corrected chi connectivity index (χ3v) is 2.78. The van der Waals surface area contributed by atoms with E-state index in [1.165, 1.54) is 0 Å². The molecule has 70 valence electrons. The van der Waals surface area contributed by atoms with E-state index in [1.807, 2.05) is 0 Å². The fraction of sp³-hybridized carbons (Fsp3) is 0.125. The smallest absolute Gasteiger partial charge is 0.239 e. The molecule has 1 aromatic carbocycles. The van der Waals surface area contributed by atoms with Gasteiger partial charge in [-0.05, 0) is 34.1 Å². The summed E-state index contributed by atoms with van der Waals surface area (Å²) in [5.74, 6) is -0.295. The Bertz CT molecular complexity index is 330. The quantitative estimate of drug-likeness (QED) is 0.829. The summed E-state index contributed by atoms with van der Waals surface area (Å²) < 4.78 is 0.738. The van der Waals surface area contributed by atoms with Crippen LogP contribution in [0.4, 0.5) is 5.69 Å². The van der Waals surface area contributed by atoms with Gasteiger partial charge in [-0.25, -0.2) is 0 Å². The number of benzene rings is 1. The molecule has 0 atom stereocenters. The molecule has 0 saturated heterocycles. The van der Waals surface area contributed by atoms with E-state index in [0.717, 1.165) is 4.47 Å². The molecule has 0 aliphatic rings. The van der Waals surface area contributed by atoms with Crippen molar-refractivity contribution in [1.29, 1.82) is 0 Å². The average Bonchev–Trinajstić information content (AvgIpc) is 2.11. The van der Waals surface area contributed by atoms with Crippen molar-refractivity contribution in [2.45, 2.75) is 0 Å². The number of rotatable bonds is 2. The largest absolute Gasteiger partial charge is 0.325 e. The highest BCUT2D eigenvalue weighted by Crippen LogP contribution is 2.25. The summed E-state index contributed by atoms with van der Waals surface area (Å²) in [6, 6.07) is 5.11. The molecule has 0 spiro atoms. The third-order valence-electron chi connectivity index (χ3n) is 1.32. The van der Waals surface area contributed by atoms with Crippen LogP contribution in [0.5, 0.6) is 0 Å². The van der Waals surface area contributed by atoms with E-state index in [-0.39, 0.29) is 11.8 Å². The molecule has 1 aromatic rings. The van der Waals surface area contributed by atoms with Crippen LogP contribution in [0.15, 0.2) is 22.7 Å². The lowest BCUT2D eigenvalue weighted by molar-refractivity contribution is -0.113. The van der Waals surface area contributed by atoms with E-state index >= 15 is 0 Å². The fourth-order valence-corrected chi connectivity index (χ4v) is 1.33. The van der Waals surface area contributed by atoms with E-state index < -0.39 is 0 Å². The van der Waals surface area contributed by atoms with Crippen LogP contribution in [0, 0.1) is 0 Å². The molecular weight excluding hydrogens is 277 g/mol. The standard InChI is InChI=1S/C8H6BrCl2NO/c9-6-3-5(1-2-7(6)11)12-8(13)4-10/h1-3H,4H2,(H,12,13). The minimum Gasteiger partial charge on any atom is -0.325 e. The van der Waals surface area contributed by atoms with Crippen molar-refractivity contribution in [3.05, 3.63) is 27.7 Å². The Morgan fingerprint density at radius 3 is 2.77 bits per heavy atom. The van der Waals surface area contributed by atoms with Gasteiger partial charge < -0.3 is 5.32 Å². The van der Waals surface area contributed by atoms with Crippen LogP contribution in [0.2, 0.25) is 5.02 Å². The first kappa shape index (κ1) is 10.8. The van der Waals surface area contributed by atoms with Crippen molar-refractivity contribution in [2.75, 3.05) is 11.2 Å². The first-order valence-electron chi connectivity index (χ1n) is 3.44. The highest BCUT2D eigenvalue weighted by molar-refractivity contribution is 9.10. The maximum atomic E-state index is 10.9. The molecule has 0 radical (unpaired) electrons. The number of carbonyl (C=O) groups excluding carboxylic acids is 1. The minimum absolute atomic E-state index is 0.0553. The molecule has 0 aromatic heterocycles. The van der Waals surface area contributed by atoms with Crippen LogP contribution in [0.25, 0.3) is 0 Å². The highest BCUT2D eigenvalue weighted by Gasteiger charge is 2.02. The molecule has 0 unspecified atom stereocenters. The van der Waals surface area contributed by atoms with E-state index in [2.05, 4.69) is 21.2 Å².